The maximum atomic E-state index is 13.4. The Kier molecular flexibility index (Phi) is 8.03. The fourth-order valence-corrected chi connectivity index (χ4v) is 3.62. The van der Waals surface area contributed by atoms with Crippen molar-refractivity contribution in [3.8, 4) is 5.75 Å². The lowest BCUT2D eigenvalue weighted by atomic mass is 10.0. The molecule has 0 unspecified atom stereocenters. The van der Waals surface area contributed by atoms with Gasteiger partial charge in [0, 0.05) is 20.0 Å². The van der Waals surface area contributed by atoms with Crippen molar-refractivity contribution in [1.29, 1.82) is 0 Å². The van der Waals surface area contributed by atoms with E-state index >= 15 is 0 Å². The van der Waals surface area contributed by atoms with Crippen molar-refractivity contribution >= 4 is 11.8 Å². The SMILES string of the molecule is CNC(=O)[C@H](Cc1ccccc1)N(Cc1ccccc1C)C(=O)COc1cccc(C)c1. The molecule has 0 aliphatic rings. The normalized spacial score (nSPS) is 11.5. The molecule has 3 rings (SSSR count). The minimum Gasteiger partial charge on any atom is -0.484 e. The first-order valence-electron chi connectivity index (χ1n) is 10.8. The van der Waals surface area contributed by atoms with Crippen LogP contribution in [0.2, 0.25) is 0 Å². The summed E-state index contributed by atoms with van der Waals surface area (Å²) >= 11 is 0. The van der Waals surface area contributed by atoms with Crippen LogP contribution in [0.25, 0.3) is 0 Å². The summed E-state index contributed by atoms with van der Waals surface area (Å²) in [5.41, 5.74) is 4.11. The molecule has 0 spiro atoms. The van der Waals surface area contributed by atoms with E-state index in [-0.39, 0.29) is 18.4 Å². The Bertz CT molecular complexity index is 1050. The summed E-state index contributed by atoms with van der Waals surface area (Å²) in [7, 11) is 1.60. The maximum Gasteiger partial charge on any atom is 0.261 e. The second kappa shape index (κ2) is 11.1. The molecule has 5 nitrogen and oxygen atoms in total. The molecule has 166 valence electrons. The van der Waals surface area contributed by atoms with E-state index in [4.69, 9.17) is 4.74 Å². The Morgan fingerprint density at radius 1 is 0.938 bits per heavy atom. The van der Waals surface area contributed by atoms with Crippen LogP contribution < -0.4 is 10.1 Å². The van der Waals surface area contributed by atoms with E-state index in [1.165, 1.54) is 0 Å². The molecule has 0 fully saturated rings. The van der Waals surface area contributed by atoms with Crippen LogP contribution >= 0.6 is 0 Å². The summed E-state index contributed by atoms with van der Waals surface area (Å²) in [6.45, 7) is 4.17. The van der Waals surface area contributed by atoms with Gasteiger partial charge in [0.15, 0.2) is 6.61 Å². The van der Waals surface area contributed by atoms with Crippen molar-refractivity contribution in [3.05, 3.63) is 101 Å². The van der Waals surface area contributed by atoms with Crippen molar-refractivity contribution < 1.29 is 14.3 Å². The van der Waals surface area contributed by atoms with E-state index in [1.54, 1.807) is 11.9 Å². The number of aryl methyl sites for hydroxylation is 2. The molecule has 0 saturated heterocycles. The molecule has 2 amide bonds. The predicted octanol–water partition coefficient (Wildman–Crippen LogP) is 4.07. The number of carbonyl (C=O) groups is 2. The molecule has 3 aromatic carbocycles. The van der Waals surface area contributed by atoms with Crippen molar-refractivity contribution in [2.75, 3.05) is 13.7 Å². The summed E-state index contributed by atoms with van der Waals surface area (Å²) in [5.74, 6) is 0.194. The van der Waals surface area contributed by atoms with E-state index in [1.807, 2.05) is 92.7 Å². The van der Waals surface area contributed by atoms with Crippen LogP contribution in [-0.4, -0.2) is 36.4 Å². The number of amides is 2. The van der Waals surface area contributed by atoms with Crippen LogP contribution in [0.1, 0.15) is 22.3 Å². The van der Waals surface area contributed by atoms with Gasteiger partial charge in [-0.1, -0.05) is 66.7 Å². The molecule has 32 heavy (non-hydrogen) atoms. The number of rotatable bonds is 9. The third-order valence-electron chi connectivity index (χ3n) is 5.47. The van der Waals surface area contributed by atoms with Crippen LogP contribution in [-0.2, 0) is 22.6 Å². The predicted molar refractivity (Wildman–Crippen MR) is 126 cm³/mol. The highest BCUT2D eigenvalue weighted by Gasteiger charge is 2.30. The van der Waals surface area contributed by atoms with Gasteiger partial charge in [-0.25, -0.2) is 0 Å². The highest BCUT2D eigenvalue weighted by Crippen LogP contribution is 2.18. The van der Waals surface area contributed by atoms with Gasteiger partial charge in [-0.3, -0.25) is 9.59 Å². The molecular formula is C27H30N2O3. The fraction of sp³-hybridized carbons (Fsp3) is 0.259. The van der Waals surface area contributed by atoms with E-state index in [0.29, 0.717) is 18.7 Å². The first kappa shape index (κ1) is 23.1. The Labute approximate surface area is 190 Å². The van der Waals surface area contributed by atoms with E-state index in [9.17, 15) is 9.59 Å². The van der Waals surface area contributed by atoms with Crippen LogP contribution in [0.4, 0.5) is 0 Å². The molecule has 0 saturated carbocycles. The van der Waals surface area contributed by atoms with Gasteiger partial charge in [0.2, 0.25) is 5.91 Å². The molecule has 0 aliphatic carbocycles. The lowest BCUT2D eigenvalue weighted by molar-refractivity contribution is -0.142. The lowest BCUT2D eigenvalue weighted by Gasteiger charge is -2.31. The second-order valence-electron chi connectivity index (χ2n) is 7.87. The molecular weight excluding hydrogens is 400 g/mol. The third-order valence-corrected chi connectivity index (χ3v) is 5.47. The second-order valence-corrected chi connectivity index (χ2v) is 7.87. The summed E-state index contributed by atoms with van der Waals surface area (Å²) in [6, 6.07) is 24.6. The van der Waals surface area contributed by atoms with Crippen LogP contribution in [0.5, 0.6) is 5.75 Å². The van der Waals surface area contributed by atoms with E-state index < -0.39 is 6.04 Å². The molecule has 5 heteroatoms. The number of carbonyl (C=O) groups excluding carboxylic acids is 2. The summed E-state index contributed by atoms with van der Waals surface area (Å²) in [4.78, 5) is 27.9. The molecule has 0 bridgehead atoms. The third kappa shape index (κ3) is 6.20. The van der Waals surface area contributed by atoms with Gasteiger partial charge in [0.1, 0.15) is 11.8 Å². The van der Waals surface area contributed by atoms with Crippen LogP contribution in [0.3, 0.4) is 0 Å². The first-order valence-corrected chi connectivity index (χ1v) is 10.8. The minimum atomic E-state index is -0.657. The maximum absolute atomic E-state index is 13.4. The molecule has 0 aliphatic heterocycles. The topological polar surface area (TPSA) is 58.6 Å². The molecule has 1 atom stereocenters. The van der Waals surface area contributed by atoms with Crippen molar-refractivity contribution in [3.63, 3.8) is 0 Å². The smallest absolute Gasteiger partial charge is 0.261 e. The molecule has 0 heterocycles. The number of ether oxygens (including phenoxy) is 1. The molecule has 0 aromatic heterocycles. The Balaban J connectivity index is 1.88. The van der Waals surface area contributed by atoms with Gasteiger partial charge in [0.25, 0.3) is 5.91 Å². The summed E-state index contributed by atoms with van der Waals surface area (Å²) in [5, 5.41) is 2.73. The molecule has 1 N–H and O–H groups in total. The van der Waals surface area contributed by atoms with Gasteiger partial charge in [-0.2, -0.15) is 0 Å². The lowest BCUT2D eigenvalue weighted by Crippen LogP contribution is -2.51. The highest BCUT2D eigenvalue weighted by molar-refractivity contribution is 5.88. The molecule has 3 aromatic rings. The number of likely N-dealkylation sites (N-methyl/N-ethyl adjacent to an activating group) is 1. The van der Waals surface area contributed by atoms with Crippen LogP contribution in [0.15, 0.2) is 78.9 Å². The van der Waals surface area contributed by atoms with Gasteiger partial charge < -0.3 is 15.0 Å². The highest BCUT2D eigenvalue weighted by atomic mass is 16.5. The van der Waals surface area contributed by atoms with Crippen molar-refractivity contribution in [1.82, 2.24) is 10.2 Å². The summed E-state index contributed by atoms with van der Waals surface area (Å²) in [6.07, 6.45) is 0.419. The number of hydrogen-bond donors (Lipinski definition) is 1. The quantitative estimate of drug-likeness (QED) is 0.557. The van der Waals surface area contributed by atoms with Crippen LogP contribution in [0, 0.1) is 13.8 Å². The Morgan fingerprint density at radius 3 is 2.34 bits per heavy atom. The first-order chi connectivity index (χ1) is 15.5. The zero-order valence-electron chi connectivity index (χ0n) is 18.9. The Hall–Kier alpha value is -3.60. The number of hydrogen-bond acceptors (Lipinski definition) is 3. The number of nitrogens with one attached hydrogen (secondary N) is 1. The van der Waals surface area contributed by atoms with Gasteiger partial charge in [0.05, 0.1) is 0 Å². The average molecular weight is 431 g/mol. The standard InChI is InChI=1S/C27H30N2O3/c1-20-10-9-15-24(16-20)32-19-26(30)29(18-23-14-8-7-11-21(23)2)25(27(31)28-3)17-22-12-5-4-6-13-22/h4-16,25H,17-19H2,1-3H3,(H,28,31)/t25-/m0/s1. The monoisotopic (exact) mass is 430 g/mol. The zero-order valence-corrected chi connectivity index (χ0v) is 18.9. The fourth-order valence-electron chi connectivity index (χ4n) is 3.62. The number of nitrogens with zero attached hydrogens (tertiary/aromatic N) is 1. The van der Waals surface area contributed by atoms with Crippen molar-refractivity contribution in [2.24, 2.45) is 0 Å². The minimum absolute atomic E-state index is 0.141. The average Bonchev–Trinajstić information content (AvgIpc) is 2.81. The van der Waals surface area contributed by atoms with Crippen molar-refractivity contribution in [2.45, 2.75) is 32.9 Å². The zero-order chi connectivity index (χ0) is 22.9. The van der Waals surface area contributed by atoms with Gasteiger partial charge in [-0.15, -0.1) is 0 Å². The summed E-state index contributed by atoms with van der Waals surface area (Å²) < 4.78 is 5.79. The van der Waals surface area contributed by atoms with Gasteiger partial charge >= 0.3 is 0 Å². The largest absolute Gasteiger partial charge is 0.484 e. The number of benzene rings is 3. The molecule has 0 radical (unpaired) electrons. The van der Waals surface area contributed by atoms with Gasteiger partial charge in [-0.05, 0) is 48.2 Å². The Morgan fingerprint density at radius 2 is 1.66 bits per heavy atom. The van der Waals surface area contributed by atoms with E-state index in [2.05, 4.69) is 5.32 Å². The van der Waals surface area contributed by atoms with E-state index in [0.717, 1.165) is 22.3 Å².